The molecule has 0 spiro atoms. The second-order valence-corrected chi connectivity index (χ2v) is 7.18. The summed E-state index contributed by atoms with van der Waals surface area (Å²) in [6.07, 6.45) is 5.15. The van der Waals surface area contributed by atoms with Crippen LogP contribution in [-0.2, 0) is 0 Å². The molecule has 4 rings (SSSR count). The minimum atomic E-state index is 0. The number of likely N-dealkylation sites (tertiary alicyclic amines) is 1. The Kier molecular flexibility index (Phi) is 6.00. The number of halogens is 1. The van der Waals surface area contributed by atoms with Crippen LogP contribution < -0.4 is 0 Å². The van der Waals surface area contributed by atoms with Gasteiger partial charge in [0.1, 0.15) is 5.69 Å². The molecule has 3 aromatic rings. The maximum absolute atomic E-state index is 4.69. The number of H-pyrrole nitrogens is 1. The number of nitrogens with one attached hydrogen (secondary N) is 1. The van der Waals surface area contributed by atoms with Crippen molar-refractivity contribution in [3.05, 3.63) is 53.6 Å². The number of rotatable bonds is 4. The first-order chi connectivity index (χ1) is 12.3. The average molecular weight is 370 g/mol. The van der Waals surface area contributed by atoms with Gasteiger partial charge in [-0.25, -0.2) is 0 Å². The van der Waals surface area contributed by atoms with E-state index in [-0.39, 0.29) is 12.4 Å². The van der Waals surface area contributed by atoms with Crippen LogP contribution in [0.3, 0.4) is 0 Å². The molecule has 1 aromatic heterocycles. The first-order valence-electron chi connectivity index (χ1n) is 9.56. The van der Waals surface area contributed by atoms with E-state index in [1.807, 2.05) is 0 Å². The van der Waals surface area contributed by atoms with Gasteiger partial charge in [0.25, 0.3) is 0 Å². The fourth-order valence-corrected chi connectivity index (χ4v) is 4.35. The van der Waals surface area contributed by atoms with Gasteiger partial charge in [-0.15, -0.1) is 12.4 Å². The topological polar surface area (TPSA) is 31.9 Å². The van der Waals surface area contributed by atoms with Gasteiger partial charge in [-0.05, 0) is 56.5 Å². The quantitative estimate of drug-likeness (QED) is 0.621. The minimum absolute atomic E-state index is 0. The number of hydrogen-bond donors (Lipinski definition) is 1. The van der Waals surface area contributed by atoms with E-state index in [4.69, 9.17) is 0 Å². The first kappa shape index (κ1) is 18.9. The molecule has 0 saturated carbocycles. The van der Waals surface area contributed by atoms with Crippen molar-refractivity contribution in [2.45, 2.75) is 45.6 Å². The summed E-state index contributed by atoms with van der Waals surface area (Å²) in [5.74, 6) is 0. The molecule has 0 radical (unpaired) electrons. The summed E-state index contributed by atoms with van der Waals surface area (Å²) in [6, 6.07) is 15.5. The van der Waals surface area contributed by atoms with Crippen LogP contribution in [0.15, 0.2) is 42.5 Å². The van der Waals surface area contributed by atoms with Crippen LogP contribution in [0, 0.1) is 6.92 Å². The lowest BCUT2D eigenvalue weighted by atomic mass is 9.90. The molecule has 0 amide bonds. The van der Waals surface area contributed by atoms with Crippen molar-refractivity contribution >= 4 is 23.3 Å². The Balaban J connectivity index is 0.00000196. The first-order valence-corrected chi connectivity index (χ1v) is 9.56. The number of fused-ring (bicyclic) bond motifs is 1. The summed E-state index contributed by atoms with van der Waals surface area (Å²) in [4.78, 5) is 2.69. The van der Waals surface area contributed by atoms with Gasteiger partial charge in [0.05, 0.1) is 5.52 Å². The number of aryl methyl sites for hydroxylation is 1. The molecule has 26 heavy (non-hydrogen) atoms. The Morgan fingerprint density at radius 2 is 1.77 bits per heavy atom. The third-order valence-electron chi connectivity index (χ3n) is 5.59. The van der Waals surface area contributed by atoms with Gasteiger partial charge in [-0.1, -0.05) is 49.7 Å². The molecule has 2 heterocycles. The lowest BCUT2D eigenvalue weighted by molar-refractivity contribution is 0.160. The van der Waals surface area contributed by atoms with E-state index >= 15 is 0 Å². The zero-order valence-corrected chi connectivity index (χ0v) is 16.5. The van der Waals surface area contributed by atoms with Gasteiger partial charge in [-0.3, -0.25) is 10.00 Å². The highest BCUT2D eigenvalue weighted by molar-refractivity contribution is 5.96. The molecule has 1 N–H and O–H groups in total. The molecular weight excluding hydrogens is 342 g/mol. The van der Waals surface area contributed by atoms with Crippen molar-refractivity contribution in [2.24, 2.45) is 0 Å². The molecule has 1 atom stereocenters. The number of hydrogen-bond acceptors (Lipinski definition) is 2. The van der Waals surface area contributed by atoms with Gasteiger partial charge < -0.3 is 0 Å². The summed E-state index contributed by atoms with van der Waals surface area (Å²) in [7, 11) is 0. The molecule has 1 aliphatic rings. The molecule has 1 unspecified atom stereocenters. The van der Waals surface area contributed by atoms with Crippen LogP contribution >= 0.6 is 12.4 Å². The van der Waals surface area contributed by atoms with Crippen LogP contribution in [0.1, 0.15) is 49.8 Å². The molecular formula is C22H28ClN3. The van der Waals surface area contributed by atoms with Crippen LogP contribution in [0.4, 0.5) is 0 Å². The van der Waals surface area contributed by atoms with Crippen LogP contribution in [0.5, 0.6) is 0 Å². The number of nitrogens with zero attached hydrogens (tertiary/aromatic N) is 2. The van der Waals surface area contributed by atoms with Crippen molar-refractivity contribution in [1.29, 1.82) is 0 Å². The van der Waals surface area contributed by atoms with E-state index in [1.54, 1.807) is 0 Å². The van der Waals surface area contributed by atoms with Crippen LogP contribution in [0.2, 0.25) is 0 Å². The van der Waals surface area contributed by atoms with E-state index in [0.717, 1.165) is 17.6 Å². The lowest BCUT2D eigenvalue weighted by Crippen LogP contribution is -2.34. The van der Waals surface area contributed by atoms with E-state index in [1.165, 1.54) is 54.4 Å². The Labute approximate surface area is 162 Å². The Hall–Kier alpha value is -1.84. The standard InChI is InChI=1S/C22H27N3.ClH/c1-3-19(25-14-8-5-9-15-25)20-16(2)12-13-18-21(20)22(24-23-18)17-10-6-4-7-11-17;/h4,6-7,10-13,19H,3,5,8-9,14-15H2,1-2H3,(H,23,24);1H. The van der Waals surface area contributed by atoms with Crippen molar-refractivity contribution in [1.82, 2.24) is 15.1 Å². The maximum Gasteiger partial charge on any atom is 0.100 e. The number of benzene rings is 2. The van der Waals surface area contributed by atoms with Crippen LogP contribution in [-0.4, -0.2) is 28.2 Å². The number of aromatic nitrogens is 2. The van der Waals surface area contributed by atoms with Crippen molar-refractivity contribution in [2.75, 3.05) is 13.1 Å². The van der Waals surface area contributed by atoms with E-state index < -0.39 is 0 Å². The summed E-state index contributed by atoms with van der Waals surface area (Å²) >= 11 is 0. The van der Waals surface area contributed by atoms with Crippen LogP contribution in [0.25, 0.3) is 22.2 Å². The minimum Gasteiger partial charge on any atom is -0.296 e. The fourth-order valence-electron chi connectivity index (χ4n) is 4.35. The SMILES string of the molecule is CCC(c1c(C)ccc2[nH]nc(-c3ccccc3)c12)N1CCCCC1.Cl. The molecule has 4 heteroatoms. The predicted octanol–water partition coefficient (Wildman–Crippen LogP) is 5.90. The third kappa shape index (κ3) is 3.38. The summed E-state index contributed by atoms with van der Waals surface area (Å²) < 4.78 is 0. The largest absolute Gasteiger partial charge is 0.296 e. The molecule has 1 saturated heterocycles. The van der Waals surface area contributed by atoms with E-state index in [0.29, 0.717) is 6.04 Å². The molecule has 1 fully saturated rings. The molecule has 1 aliphatic heterocycles. The van der Waals surface area contributed by atoms with Gasteiger partial charge in [0.15, 0.2) is 0 Å². The second-order valence-electron chi connectivity index (χ2n) is 7.18. The maximum atomic E-state index is 4.69. The van der Waals surface area contributed by atoms with Crippen molar-refractivity contribution < 1.29 is 0 Å². The Bertz CT molecular complexity index is 850. The Morgan fingerprint density at radius 3 is 2.46 bits per heavy atom. The highest BCUT2D eigenvalue weighted by Gasteiger charge is 2.26. The second kappa shape index (κ2) is 8.24. The molecule has 138 valence electrons. The van der Waals surface area contributed by atoms with E-state index in [2.05, 4.69) is 71.4 Å². The molecule has 0 aliphatic carbocycles. The number of piperidine rings is 1. The zero-order chi connectivity index (χ0) is 17.2. The van der Waals surface area contributed by atoms with Gasteiger partial charge in [-0.2, -0.15) is 5.10 Å². The zero-order valence-electron chi connectivity index (χ0n) is 15.7. The molecule has 3 nitrogen and oxygen atoms in total. The number of aromatic amines is 1. The van der Waals surface area contributed by atoms with Gasteiger partial charge in [0.2, 0.25) is 0 Å². The fraction of sp³-hybridized carbons (Fsp3) is 0.409. The average Bonchev–Trinajstić information content (AvgIpc) is 3.10. The normalized spacial score (nSPS) is 16.4. The van der Waals surface area contributed by atoms with Gasteiger partial charge >= 0.3 is 0 Å². The summed E-state index contributed by atoms with van der Waals surface area (Å²) in [5.41, 5.74) is 6.27. The van der Waals surface area contributed by atoms with Gasteiger partial charge in [0, 0.05) is 17.0 Å². The van der Waals surface area contributed by atoms with Crippen molar-refractivity contribution in [3.63, 3.8) is 0 Å². The predicted molar refractivity (Wildman–Crippen MR) is 112 cm³/mol. The van der Waals surface area contributed by atoms with E-state index in [9.17, 15) is 0 Å². The molecule has 0 bridgehead atoms. The third-order valence-corrected chi connectivity index (χ3v) is 5.59. The monoisotopic (exact) mass is 369 g/mol. The highest BCUT2D eigenvalue weighted by Crippen LogP contribution is 2.38. The Morgan fingerprint density at radius 1 is 1.04 bits per heavy atom. The smallest absolute Gasteiger partial charge is 0.100 e. The highest BCUT2D eigenvalue weighted by atomic mass is 35.5. The lowest BCUT2D eigenvalue weighted by Gasteiger charge is -2.35. The van der Waals surface area contributed by atoms with Crippen molar-refractivity contribution in [3.8, 4) is 11.3 Å². The summed E-state index contributed by atoms with van der Waals surface area (Å²) in [6.45, 7) is 7.00. The summed E-state index contributed by atoms with van der Waals surface area (Å²) in [5, 5.41) is 9.26. The molecule has 2 aromatic carbocycles.